The van der Waals surface area contributed by atoms with Gasteiger partial charge < -0.3 is 21.3 Å². The topological polar surface area (TPSA) is 129 Å². The van der Waals surface area contributed by atoms with Gasteiger partial charge in [-0.15, -0.1) is 0 Å². The molecule has 0 radical (unpaired) electrons. The van der Waals surface area contributed by atoms with Crippen molar-refractivity contribution in [3.05, 3.63) is 76.7 Å². The van der Waals surface area contributed by atoms with Crippen molar-refractivity contribution in [1.82, 2.24) is 24.5 Å². The molecular formula is C37H50BrFN8O2S. The number of likely N-dealkylation sites (tertiary alicyclic amines) is 1. The summed E-state index contributed by atoms with van der Waals surface area (Å²) in [5.41, 5.74) is 6.13. The normalized spacial score (nSPS) is 14.0. The van der Waals surface area contributed by atoms with Crippen LogP contribution in [0.3, 0.4) is 0 Å². The van der Waals surface area contributed by atoms with Crippen molar-refractivity contribution in [1.29, 1.82) is 0 Å². The lowest BCUT2D eigenvalue weighted by molar-refractivity contribution is -0.126. The predicted octanol–water partition coefficient (Wildman–Crippen LogP) is 8.18. The van der Waals surface area contributed by atoms with Gasteiger partial charge in [-0.2, -0.15) is 4.98 Å². The van der Waals surface area contributed by atoms with Crippen molar-refractivity contribution < 1.29 is 14.0 Å². The number of nitrogens with one attached hydrogen (secondary N) is 3. The number of halogens is 2. The summed E-state index contributed by atoms with van der Waals surface area (Å²) in [5.74, 6) is -0.788. The van der Waals surface area contributed by atoms with E-state index in [1.54, 1.807) is 30.3 Å². The average Bonchev–Trinajstić information content (AvgIpc) is 3.08. The number of benzene rings is 2. The lowest BCUT2D eigenvalue weighted by Gasteiger charge is -2.35. The number of likely N-dealkylation sites (N-methyl/N-ethyl adjacent to an activating group) is 1. The number of unbranched alkanes of at least 4 members (excludes halogenated alkanes) is 1. The molecule has 270 valence electrons. The third-order valence-corrected chi connectivity index (χ3v) is 10.7. The van der Waals surface area contributed by atoms with Crippen LogP contribution in [0.15, 0.2) is 70.2 Å². The molecule has 13 heteroatoms. The van der Waals surface area contributed by atoms with Gasteiger partial charge >= 0.3 is 0 Å². The Morgan fingerprint density at radius 3 is 2.44 bits per heavy atom. The molecule has 4 rings (SSSR count). The van der Waals surface area contributed by atoms with Crippen LogP contribution in [-0.2, 0) is 4.79 Å². The van der Waals surface area contributed by atoms with Crippen LogP contribution in [-0.4, -0.2) is 69.3 Å². The van der Waals surface area contributed by atoms with Crippen LogP contribution < -0.4 is 21.1 Å². The third kappa shape index (κ3) is 11.8. The van der Waals surface area contributed by atoms with Crippen LogP contribution in [0.4, 0.5) is 27.5 Å². The van der Waals surface area contributed by atoms with E-state index in [0.717, 1.165) is 68.7 Å². The van der Waals surface area contributed by atoms with Crippen LogP contribution in [0.1, 0.15) is 83.0 Å². The third-order valence-electron chi connectivity index (χ3n) is 8.99. The quantitative estimate of drug-likeness (QED) is 0.0611. The summed E-state index contributed by atoms with van der Waals surface area (Å²) in [5, 5.41) is 6.16. The maximum Gasteiger partial charge on any atom is 0.253 e. The lowest BCUT2D eigenvalue weighted by atomic mass is 9.92. The fourth-order valence-electron chi connectivity index (χ4n) is 5.60. The minimum atomic E-state index is -0.879. The highest BCUT2D eigenvalue weighted by Gasteiger charge is 2.24. The average molecular weight is 770 g/mol. The fourth-order valence-corrected chi connectivity index (χ4v) is 6.66. The molecule has 0 bridgehead atoms. The highest BCUT2D eigenvalue weighted by Crippen LogP contribution is 2.29. The minimum Gasteiger partial charge on any atom is -0.365 e. The zero-order valence-electron chi connectivity index (χ0n) is 29.7. The molecule has 2 heterocycles. The molecule has 1 saturated heterocycles. The van der Waals surface area contributed by atoms with Gasteiger partial charge in [0.05, 0.1) is 15.7 Å². The number of aromatic nitrogens is 2. The Balaban J connectivity index is 1.20. The molecule has 2 aromatic carbocycles. The van der Waals surface area contributed by atoms with Gasteiger partial charge in [0.25, 0.3) is 5.91 Å². The molecule has 0 atom stereocenters. The Morgan fingerprint density at radius 1 is 1.04 bits per heavy atom. The van der Waals surface area contributed by atoms with Crippen molar-refractivity contribution in [3.63, 3.8) is 0 Å². The Kier molecular flexibility index (Phi) is 14.2. The van der Waals surface area contributed by atoms with E-state index < -0.39 is 11.7 Å². The van der Waals surface area contributed by atoms with E-state index in [1.165, 1.54) is 18.6 Å². The van der Waals surface area contributed by atoms with Gasteiger partial charge in [0.15, 0.2) is 0 Å². The number of rotatable bonds is 17. The summed E-state index contributed by atoms with van der Waals surface area (Å²) in [6.07, 6.45) is 13.1. The molecule has 1 fully saturated rings. The second-order valence-corrected chi connectivity index (χ2v) is 15.7. The van der Waals surface area contributed by atoms with E-state index in [0.29, 0.717) is 16.2 Å². The summed E-state index contributed by atoms with van der Waals surface area (Å²) in [6, 6.07) is 12.2. The summed E-state index contributed by atoms with van der Waals surface area (Å²) in [6.45, 7) is 11.5. The summed E-state index contributed by atoms with van der Waals surface area (Å²) < 4.78 is 18.4. The molecule has 0 saturated carbocycles. The number of nitrogens with two attached hydrogens (primary N) is 1. The summed E-state index contributed by atoms with van der Waals surface area (Å²) in [4.78, 5) is 38.4. The van der Waals surface area contributed by atoms with Crippen molar-refractivity contribution >= 4 is 62.8 Å². The molecule has 10 nitrogen and oxygen atoms in total. The number of nitrogens with zero attached hydrogens (tertiary/aromatic N) is 4. The van der Waals surface area contributed by atoms with E-state index in [-0.39, 0.29) is 28.2 Å². The van der Waals surface area contributed by atoms with Crippen LogP contribution in [0.5, 0.6) is 0 Å². The molecule has 50 heavy (non-hydrogen) atoms. The molecule has 5 N–H and O–H groups in total. The maximum absolute atomic E-state index is 14.2. The standard InChI is InChI=1S/C37H50BrFN8O2S/c1-36(2,20-7-8-21-37(3,4)46(5)22-12-15-31(48)47-23-9-6-10-24-47)45-50-27-18-16-26(17-19-27)42-35-41-25-28(38)34(44-35)43-30-14-11-13-29(39)32(30)33(40)49/h11-19,25,45H,6-10,20-24H2,1-5H3,(H2,40,49)(H2,41,42,43,44)/b15-12+. The largest absolute Gasteiger partial charge is 0.365 e. The lowest BCUT2D eigenvalue weighted by Crippen LogP contribution is -2.41. The number of primary amides is 1. The van der Waals surface area contributed by atoms with Gasteiger partial charge in [-0.05, 0) is 131 Å². The van der Waals surface area contributed by atoms with Crippen LogP contribution in [0.25, 0.3) is 0 Å². The molecule has 3 aromatic rings. The maximum atomic E-state index is 14.2. The van der Waals surface area contributed by atoms with Crippen LogP contribution >= 0.6 is 27.9 Å². The monoisotopic (exact) mass is 768 g/mol. The van der Waals surface area contributed by atoms with Crippen molar-refractivity contribution in [2.45, 2.75) is 88.6 Å². The van der Waals surface area contributed by atoms with Crippen molar-refractivity contribution in [2.75, 3.05) is 37.3 Å². The highest BCUT2D eigenvalue weighted by molar-refractivity contribution is 9.10. The first kappa shape index (κ1) is 39.3. The molecular weight excluding hydrogens is 719 g/mol. The highest BCUT2D eigenvalue weighted by atomic mass is 79.9. The number of anilines is 4. The number of hydrogen-bond acceptors (Lipinski definition) is 9. The predicted molar refractivity (Wildman–Crippen MR) is 205 cm³/mol. The van der Waals surface area contributed by atoms with E-state index in [2.05, 4.69) is 80.9 Å². The second-order valence-electron chi connectivity index (χ2n) is 14.0. The Morgan fingerprint density at radius 2 is 1.74 bits per heavy atom. The van der Waals surface area contributed by atoms with Crippen LogP contribution in [0, 0.1) is 5.82 Å². The number of hydrogen-bond donors (Lipinski definition) is 4. The van der Waals surface area contributed by atoms with E-state index in [9.17, 15) is 14.0 Å². The van der Waals surface area contributed by atoms with Gasteiger partial charge in [-0.1, -0.05) is 25.0 Å². The van der Waals surface area contributed by atoms with E-state index in [1.807, 2.05) is 35.2 Å². The number of carbonyl (C=O) groups is 2. The van der Waals surface area contributed by atoms with Crippen molar-refractivity contribution in [2.24, 2.45) is 5.73 Å². The molecule has 0 aliphatic carbocycles. The van der Waals surface area contributed by atoms with E-state index in [4.69, 9.17) is 5.73 Å². The molecule has 0 unspecified atom stereocenters. The minimum absolute atomic E-state index is 0.0374. The summed E-state index contributed by atoms with van der Waals surface area (Å²) >= 11 is 5.01. The first-order chi connectivity index (χ1) is 23.7. The number of amides is 2. The Hall–Kier alpha value is -3.52. The second kappa shape index (κ2) is 18.1. The van der Waals surface area contributed by atoms with E-state index >= 15 is 0 Å². The van der Waals surface area contributed by atoms with Crippen molar-refractivity contribution in [3.8, 4) is 0 Å². The first-order valence-corrected chi connectivity index (χ1v) is 18.7. The Labute approximate surface area is 308 Å². The number of carbonyl (C=O) groups excluding carboxylic acids is 2. The van der Waals surface area contributed by atoms with Gasteiger partial charge in [-0.3, -0.25) is 19.2 Å². The smallest absolute Gasteiger partial charge is 0.253 e. The number of piperidine rings is 1. The fraction of sp³-hybridized carbons (Fsp3) is 0.459. The zero-order valence-corrected chi connectivity index (χ0v) is 32.1. The molecule has 0 spiro atoms. The van der Waals surface area contributed by atoms with Crippen LogP contribution in [0.2, 0.25) is 0 Å². The molecule has 2 amide bonds. The van der Waals surface area contributed by atoms with Gasteiger partial charge in [-0.25, -0.2) is 9.37 Å². The van der Waals surface area contributed by atoms with Gasteiger partial charge in [0.2, 0.25) is 11.9 Å². The summed E-state index contributed by atoms with van der Waals surface area (Å²) in [7, 11) is 2.14. The van der Waals surface area contributed by atoms with Gasteiger partial charge in [0.1, 0.15) is 11.6 Å². The zero-order chi connectivity index (χ0) is 36.3. The van der Waals surface area contributed by atoms with Gasteiger partial charge in [0, 0.05) is 53.6 Å². The first-order valence-electron chi connectivity index (χ1n) is 17.1. The molecule has 1 aliphatic rings. The Bertz CT molecular complexity index is 1630. The molecule has 1 aromatic heterocycles. The SMILES string of the molecule is CN(C/C=C/C(=O)N1CCCCC1)C(C)(C)CCCCC(C)(C)NSc1ccc(Nc2ncc(Br)c(Nc3cccc(F)c3C(N)=O)n2)cc1. The molecule has 1 aliphatic heterocycles.